The van der Waals surface area contributed by atoms with E-state index in [0.717, 1.165) is 34.0 Å². The molecule has 0 spiro atoms. The van der Waals surface area contributed by atoms with Crippen LogP contribution < -0.4 is 14.8 Å². The topological polar surface area (TPSA) is 87.0 Å². The fourth-order valence-electron chi connectivity index (χ4n) is 4.55. The van der Waals surface area contributed by atoms with Gasteiger partial charge in [0, 0.05) is 18.3 Å². The number of benzene rings is 2. The van der Waals surface area contributed by atoms with E-state index in [1.807, 2.05) is 47.0 Å². The smallest absolute Gasteiger partial charge is 0.299 e. The number of hydrogen-bond acceptors (Lipinski definition) is 7. The van der Waals surface area contributed by atoms with Gasteiger partial charge < -0.3 is 14.8 Å². The predicted molar refractivity (Wildman–Crippen MR) is 150 cm³/mol. The highest BCUT2D eigenvalue weighted by Gasteiger charge is 2.36. The van der Waals surface area contributed by atoms with Gasteiger partial charge in [0.05, 0.1) is 16.2 Å². The van der Waals surface area contributed by atoms with E-state index in [2.05, 4.69) is 51.1 Å². The van der Waals surface area contributed by atoms with Gasteiger partial charge in [0.1, 0.15) is 24.8 Å². The lowest BCUT2D eigenvalue weighted by molar-refractivity contribution is 0.268. The van der Waals surface area contributed by atoms with Gasteiger partial charge in [-0.25, -0.2) is 14.4 Å². The Hall–Kier alpha value is -4.05. The lowest BCUT2D eigenvalue weighted by Gasteiger charge is -2.18. The molecule has 1 N–H and O–H groups in total. The number of ether oxygens (including phenoxy) is 2. The van der Waals surface area contributed by atoms with Crippen LogP contribution in [-0.4, -0.2) is 37.7 Å². The molecule has 0 radical (unpaired) electrons. The van der Waals surface area contributed by atoms with Gasteiger partial charge in [0.25, 0.3) is 6.01 Å². The molecule has 0 saturated heterocycles. The molecule has 198 valence electrons. The Morgan fingerprint density at radius 1 is 1.05 bits per heavy atom. The number of nitrogens with zero attached hydrogens (tertiary/aromatic N) is 5. The van der Waals surface area contributed by atoms with Gasteiger partial charge in [0.2, 0.25) is 0 Å². The van der Waals surface area contributed by atoms with Crippen molar-refractivity contribution < 1.29 is 13.9 Å². The minimum absolute atomic E-state index is 0.330. The molecule has 0 fully saturated rings. The Kier molecular flexibility index (Phi) is 6.64. The summed E-state index contributed by atoms with van der Waals surface area (Å²) in [5.74, 6) is 1.26. The molecule has 39 heavy (non-hydrogen) atoms. The van der Waals surface area contributed by atoms with Crippen LogP contribution >= 0.6 is 15.9 Å². The van der Waals surface area contributed by atoms with E-state index in [1.165, 1.54) is 6.07 Å². The quantitative estimate of drug-likeness (QED) is 0.232. The maximum atomic E-state index is 14.0. The molecular formula is C29H26BrFN6O2. The van der Waals surface area contributed by atoms with Crippen LogP contribution in [0.5, 0.6) is 11.8 Å². The zero-order chi connectivity index (χ0) is 27.0. The zero-order valence-corrected chi connectivity index (χ0v) is 23.1. The van der Waals surface area contributed by atoms with Crippen LogP contribution in [0.15, 0.2) is 71.5 Å². The number of rotatable bonds is 8. The summed E-state index contributed by atoms with van der Waals surface area (Å²) in [5, 5.41) is 3.41. The largest absolute Gasteiger partial charge is 0.488 e. The Morgan fingerprint density at radius 3 is 2.69 bits per heavy atom. The van der Waals surface area contributed by atoms with Gasteiger partial charge in [-0.2, -0.15) is 4.98 Å². The van der Waals surface area contributed by atoms with Crippen LogP contribution in [0.25, 0.3) is 22.6 Å². The van der Waals surface area contributed by atoms with Crippen LogP contribution in [0.1, 0.15) is 25.0 Å². The first-order valence-corrected chi connectivity index (χ1v) is 13.4. The molecule has 0 aliphatic carbocycles. The molecule has 8 nitrogen and oxygen atoms in total. The maximum Gasteiger partial charge on any atom is 0.299 e. The summed E-state index contributed by atoms with van der Waals surface area (Å²) in [6, 6.07) is 18.0. The van der Waals surface area contributed by atoms with E-state index in [4.69, 9.17) is 19.4 Å². The molecule has 0 amide bonds. The maximum absolute atomic E-state index is 14.0. The monoisotopic (exact) mass is 588 g/mol. The second-order valence-corrected chi connectivity index (χ2v) is 10.9. The second kappa shape index (κ2) is 10.3. The third-order valence-corrected chi connectivity index (χ3v) is 7.16. The average molecular weight is 589 g/mol. The molecule has 0 saturated carbocycles. The third-order valence-electron chi connectivity index (χ3n) is 6.54. The predicted octanol–water partition coefficient (Wildman–Crippen LogP) is 6.15. The van der Waals surface area contributed by atoms with Gasteiger partial charge in [-0.3, -0.25) is 9.55 Å². The van der Waals surface area contributed by atoms with Crippen molar-refractivity contribution in [2.24, 2.45) is 0 Å². The third kappa shape index (κ3) is 5.16. The molecule has 0 atom stereocenters. The van der Waals surface area contributed by atoms with Crippen molar-refractivity contribution >= 4 is 32.9 Å². The van der Waals surface area contributed by atoms with E-state index in [0.29, 0.717) is 54.1 Å². The molecule has 5 aromatic rings. The van der Waals surface area contributed by atoms with Crippen molar-refractivity contribution in [3.05, 3.63) is 88.4 Å². The molecule has 2 aromatic carbocycles. The molecule has 1 aliphatic rings. The van der Waals surface area contributed by atoms with Crippen molar-refractivity contribution in [2.75, 3.05) is 18.5 Å². The normalized spacial score (nSPS) is 13.7. The molecule has 4 heterocycles. The number of halogens is 2. The molecule has 10 heteroatoms. The van der Waals surface area contributed by atoms with Gasteiger partial charge in [0.15, 0.2) is 22.8 Å². The Labute approximate surface area is 233 Å². The number of nitrogens with one attached hydrogen (secondary N) is 1. The summed E-state index contributed by atoms with van der Waals surface area (Å²) < 4.78 is 28.6. The molecule has 6 rings (SSSR count). The zero-order valence-electron chi connectivity index (χ0n) is 21.5. The highest BCUT2D eigenvalue weighted by molar-refractivity contribution is 9.10. The van der Waals surface area contributed by atoms with Crippen LogP contribution in [-0.2, 0) is 18.6 Å². The first kappa shape index (κ1) is 25.2. The van der Waals surface area contributed by atoms with Crippen molar-refractivity contribution in [2.45, 2.75) is 32.4 Å². The number of fused-ring (bicyclic) bond motifs is 3. The Balaban J connectivity index is 1.23. The van der Waals surface area contributed by atoms with Crippen LogP contribution in [0.3, 0.4) is 0 Å². The van der Waals surface area contributed by atoms with Crippen LogP contribution in [0, 0.1) is 5.82 Å². The Morgan fingerprint density at radius 2 is 1.90 bits per heavy atom. The summed E-state index contributed by atoms with van der Waals surface area (Å²) in [6.45, 7) is 5.72. The van der Waals surface area contributed by atoms with Crippen molar-refractivity contribution in [1.29, 1.82) is 0 Å². The average Bonchev–Trinajstić information content (AvgIpc) is 3.46. The van der Waals surface area contributed by atoms with Crippen molar-refractivity contribution in [3.63, 3.8) is 0 Å². The lowest BCUT2D eigenvalue weighted by atomic mass is 10.1. The summed E-state index contributed by atoms with van der Waals surface area (Å²) in [6.07, 6.45) is 3.44. The summed E-state index contributed by atoms with van der Waals surface area (Å²) in [4.78, 5) is 18.1. The number of anilines is 1. The Bertz CT molecular complexity index is 1660. The number of aromatic nitrogens is 5. The van der Waals surface area contributed by atoms with Gasteiger partial charge in [-0.15, -0.1) is 0 Å². The first-order valence-electron chi connectivity index (χ1n) is 12.6. The number of pyridine rings is 1. The van der Waals surface area contributed by atoms with Crippen molar-refractivity contribution in [1.82, 2.24) is 24.5 Å². The second-order valence-electron chi connectivity index (χ2n) is 10.0. The van der Waals surface area contributed by atoms with E-state index in [-0.39, 0.29) is 5.54 Å². The standard InChI is InChI=1S/C29H26BrFN6O2/c1-29(2)17-39-28-34-24-26(35-25(36-27(24)37(28)29)20-13-21(31)15-32-14-20)33-11-10-18-8-9-23(22(30)12-18)38-16-19-6-4-3-5-7-19/h3-9,12-15H,10-11,16-17H2,1-2H3,(H,33,35,36). The number of hydrogen-bond donors (Lipinski definition) is 1. The van der Waals surface area contributed by atoms with E-state index in [1.54, 1.807) is 6.20 Å². The fraction of sp³-hybridized carbons (Fsp3) is 0.241. The highest BCUT2D eigenvalue weighted by atomic mass is 79.9. The first-order chi connectivity index (χ1) is 18.9. The van der Waals surface area contributed by atoms with Crippen molar-refractivity contribution in [3.8, 4) is 23.1 Å². The van der Waals surface area contributed by atoms with Gasteiger partial charge >= 0.3 is 0 Å². The molecule has 0 bridgehead atoms. The minimum Gasteiger partial charge on any atom is -0.488 e. The number of imidazole rings is 1. The van der Waals surface area contributed by atoms with Gasteiger partial charge in [-0.05, 0) is 65.5 Å². The summed E-state index contributed by atoms with van der Waals surface area (Å²) in [7, 11) is 0. The lowest BCUT2D eigenvalue weighted by Crippen LogP contribution is -2.25. The van der Waals surface area contributed by atoms with Gasteiger partial charge in [-0.1, -0.05) is 36.4 Å². The van der Waals surface area contributed by atoms with E-state index < -0.39 is 5.82 Å². The SMILES string of the molecule is CC1(C)COc2nc3c(NCCc4ccc(OCc5ccccc5)c(Br)c4)nc(-c4cncc(F)c4)nc3n21. The molecule has 0 unspecified atom stereocenters. The molecule has 3 aromatic heterocycles. The molecule has 1 aliphatic heterocycles. The minimum atomic E-state index is -0.449. The highest BCUT2D eigenvalue weighted by Crippen LogP contribution is 2.37. The van der Waals surface area contributed by atoms with E-state index >= 15 is 0 Å². The van der Waals surface area contributed by atoms with E-state index in [9.17, 15) is 4.39 Å². The summed E-state index contributed by atoms with van der Waals surface area (Å²) >= 11 is 3.64. The summed E-state index contributed by atoms with van der Waals surface area (Å²) in [5.41, 5.74) is 3.63. The fourth-order valence-corrected chi connectivity index (χ4v) is 5.09. The molecular weight excluding hydrogens is 563 g/mol. The van der Waals surface area contributed by atoms with Crippen LogP contribution in [0.2, 0.25) is 0 Å². The van der Waals surface area contributed by atoms with Crippen LogP contribution in [0.4, 0.5) is 10.2 Å².